The molecule has 2 aromatic carbocycles. The standard InChI is InChI=1S/C20H23NO4/c1-20(2)12-16(14-10-9-13(23-3)11-18(14)25-20)21-19(22)15-7-5-6-8-17(15)24-4/h5-11,16H,12H2,1-4H3,(H,21,22)/t16-/m0/s1. The molecule has 1 atom stereocenters. The number of carbonyl (C=O) groups is 1. The predicted octanol–water partition coefficient (Wildman–Crippen LogP) is 3.74. The van der Waals surface area contributed by atoms with E-state index in [-0.39, 0.29) is 11.9 Å². The van der Waals surface area contributed by atoms with Gasteiger partial charge in [0.2, 0.25) is 0 Å². The minimum absolute atomic E-state index is 0.151. The number of benzene rings is 2. The number of nitrogens with one attached hydrogen (secondary N) is 1. The highest BCUT2D eigenvalue weighted by Crippen LogP contribution is 2.41. The van der Waals surface area contributed by atoms with Crippen molar-refractivity contribution in [2.45, 2.75) is 31.9 Å². The zero-order chi connectivity index (χ0) is 18.0. The van der Waals surface area contributed by atoms with Crippen molar-refractivity contribution in [1.29, 1.82) is 0 Å². The molecule has 5 nitrogen and oxygen atoms in total. The van der Waals surface area contributed by atoms with Crippen molar-refractivity contribution in [2.75, 3.05) is 14.2 Å². The van der Waals surface area contributed by atoms with Gasteiger partial charge in [0, 0.05) is 18.1 Å². The highest BCUT2D eigenvalue weighted by molar-refractivity contribution is 5.97. The second-order valence-corrected chi connectivity index (χ2v) is 6.70. The average molecular weight is 341 g/mol. The smallest absolute Gasteiger partial charge is 0.255 e. The first-order chi connectivity index (χ1) is 11.9. The summed E-state index contributed by atoms with van der Waals surface area (Å²) in [6.07, 6.45) is 0.674. The Kier molecular flexibility index (Phi) is 4.57. The van der Waals surface area contributed by atoms with Crippen LogP contribution in [0, 0.1) is 0 Å². The van der Waals surface area contributed by atoms with Gasteiger partial charge in [-0.15, -0.1) is 0 Å². The number of fused-ring (bicyclic) bond motifs is 1. The van der Waals surface area contributed by atoms with E-state index in [1.807, 2.05) is 44.2 Å². The Bertz CT molecular complexity index is 785. The van der Waals surface area contributed by atoms with Gasteiger partial charge in [0.15, 0.2) is 0 Å². The van der Waals surface area contributed by atoms with Crippen LogP contribution in [0.1, 0.15) is 42.2 Å². The van der Waals surface area contributed by atoms with Gasteiger partial charge in [-0.2, -0.15) is 0 Å². The minimum Gasteiger partial charge on any atom is -0.497 e. The fourth-order valence-electron chi connectivity index (χ4n) is 3.16. The molecule has 1 amide bonds. The molecule has 132 valence electrons. The first kappa shape index (κ1) is 17.1. The summed E-state index contributed by atoms with van der Waals surface area (Å²) in [6, 6.07) is 12.7. The van der Waals surface area contributed by atoms with Crippen molar-refractivity contribution >= 4 is 5.91 Å². The second kappa shape index (κ2) is 6.67. The van der Waals surface area contributed by atoms with Crippen LogP contribution in [0.3, 0.4) is 0 Å². The summed E-state index contributed by atoms with van der Waals surface area (Å²) in [4.78, 5) is 12.8. The number of para-hydroxylation sites is 1. The molecule has 0 saturated carbocycles. The molecule has 0 unspecified atom stereocenters. The number of methoxy groups -OCH3 is 2. The van der Waals surface area contributed by atoms with Gasteiger partial charge in [0.25, 0.3) is 5.91 Å². The van der Waals surface area contributed by atoms with Gasteiger partial charge in [-0.1, -0.05) is 12.1 Å². The van der Waals surface area contributed by atoms with E-state index in [0.717, 1.165) is 17.1 Å². The van der Waals surface area contributed by atoms with E-state index < -0.39 is 5.60 Å². The summed E-state index contributed by atoms with van der Waals surface area (Å²) in [5.41, 5.74) is 1.07. The Morgan fingerprint density at radius 1 is 1.16 bits per heavy atom. The number of carbonyl (C=O) groups excluding carboxylic acids is 1. The lowest BCUT2D eigenvalue weighted by Gasteiger charge is -2.38. The van der Waals surface area contributed by atoms with E-state index in [9.17, 15) is 4.79 Å². The number of hydrogen-bond acceptors (Lipinski definition) is 4. The molecule has 0 fully saturated rings. The number of rotatable bonds is 4. The normalized spacial score (nSPS) is 17.8. The molecule has 0 aliphatic carbocycles. The number of ether oxygens (including phenoxy) is 3. The third-order valence-corrected chi connectivity index (χ3v) is 4.34. The Balaban J connectivity index is 1.91. The molecule has 0 aromatic heterocycles. The van der Waals surface area contributed by atoms with Gasteiger partial charge in [0.1, 0.15) is 22.8 Å². The Morgan fingerprint density at radius 2 is 1.92 bits per heavy atom. The molecule has 0 radical (unpaired) electrons. The Hall–Kier alpha value is -2.69. The van der Waals surface area contributed by atoms with Crippen molar-refractivity contribution in [2.24, 2.45) is 0 Å². The van der Waals surface area contributed by atoms with E-state index in [2.05, 4.69) is 5.32 Å². The fourth-order valence-corrected chi connectivity index (χ4v) is 3.16. The monoisotopic (exact) mass is 341 g/mol. The summed E-state index contributed by atoms with van der Waals surface area (Å²) < 4.78 is 16.6. The highest BCUT2D eigenvalue weighted by atomic mass is 16.5. The molecule has 0 saturated heterocycles. The molecule has 0 spiro atoms. The quantitative estimate of drug-likeness (QED) is 0.920. The highest BCUT2D eigenvalue weighted by Gasteiger charge is 2.35. The first-order valence-corrected chi connectivity index (χ1v) is 8.24. The summed E-state index contributed by atoms with van der Waals surface area (Å²) in [6.45, 7) is 4.02. The van der Waals surface area contributed by atoms with Crippen molar-refractivity contribution in [3.05, 3.63) is 53.6 Å². The SMILES string of the molecule is COc1ccc2c(c1)OC(C)(C)C[C@@H]2NC(=O)c1ccccc1OC. The van der Waals surface area contributed by atoms with E-state index in [0.29, 0.717) is 17.7 Å². The average Bonchev–Trinajstić information content (AvgIpc) is 2.60. The van der Waals surface area contributed by atoms with Crippen LogP contribution in [0.5, 0.6) is 17.2 Å². The van der Waals surface area contributed by atoms with Crippen LogP contribution in [0.15, 0.2) is 42.5 Å². The lowest BCUT2D eigenvalue weighted by Crippen LogP contribution is -2.41. The zero-order valence-corrected chi connectivity index (χ0v) is 15.0. The van der Waals surface area contributed by atoms with Crippen LogP contribution in [-0.2, 0) is 0 Å². The molecular formula is C20H23NO4. The molecule has 5 heteroatoms. The lowest BCUT2D eigenvalue weighted by molar-refractivity contribution is 0.0616. The van der Waals surface area contributed by atoms with Crippen LogP contribution in [0.2, 0.25) is 0 Å². The molecule has 0 bridgehead atoms. The van der Waals surface area contributed by atoms with Gasteiger partial charge >= 0.3 is 0 Å². The maximum Gasteiger partial charge on any atom is 0.255 e. The van der Waals surface area contributed by atoms with Gasteiger partial charge in [-0.05, 0) is 38.1 Å². The number of amides is 1. The second-order valence-electron chi connectivity index (χ2n) is 6.70. The molecule has 3 rings (SSSR count). The van der Waals surface area contributed by atoms with Gasteiger partial charge < -0.3 is 19.5 Å². The van der Waals surface area contributed by atoms with Gasteiger partial charge in [-0.3, -0.25) is 4.79 Å². The van der Waals surface area contributed by atoms with Crippen LogP contribution in [0.25, 0.3) is 0 Å². The Morgan fingerprint density at radius 3 is 2.64 bits per heavy atom. The molecule has 1 aliphatic rings. The van der Waals surface area contributed by atoms with Crippen LogP contribution in [0.4, 0.5) is 0 Å². The van der Waals surface area contributed by atoms with Gasteiger partial charge in [-0.25, -0.2) is 0 Å². The van der Waals surface area contributed by atoms with E-state index in [1.54, 1.807) is 26.4 Å². The minimum atomic E-state index is -0.391. The third-order valence-electron chi connectivity index (χ3n) is 4.34. The molecule has 1 N–H and O–H groups in total. The molecule has 1 heterocycles. The van der Waals surface area contributed by atoms with E-state index in [1.165, 1.54) is 0 Å². The summed E-state index contributed by atoms with van der Waals surface area (Å²) in [7, 11) is 3.18. The largest absolute Gasteiger partial charge is 0.497 e. The maximum atomic E-state index is 12.8. The van der Waals surface area contributed by atoms with Crippen molar-refractivity contribution < 1.29 is 19.0 Å². The van der Waals surface area contributed by atoms with Crippen LogP contribution in [-0.4, -0.2) is 25.7 Å². The summed E-state index contributed by atoms with van der Waals surface area (Å²) in [5.74, 6) is 1.86. The van der Waals surface area contributed by atoms with Gasteiger partial charge in [0.05, 0.1) is 25.8 Å². The summed E-state index contributed by atoms with van der Waals surface area (Å²) in [5, 5.41) is 3.12. The third kappa shape index (κ3) is 3.55. The maximum absolute atomic E-state index is 12.8. The van der Waals surface area contributed by atoms with Crippen LogP contribution >= 0.6 is 0 Å². The van der Waals surface area contributed by atoms with E-state index >= 15 is 0 Å². The number of hydrogen-bond donors (Lipinski definition) is 1. The molecule has 1 aliphatic heterocycles. The zero-order valence-electron chi connectivity index (χ0n) is 15.0. The van der Waals surface area contributed by atoms with Crippen molar-refractivity contribution in [3.63, 3.8) is 0 Å². The summed E-state index contributed by atoms with van der Waals surface area (Å²) >= 11 is 0. The molecular weight excluding hydrogens is 318 g/mol. The molecule has 2 aromatic rings. The Labute approximate surface area is 147 Å². The topological polar surface area (TPSA) is 56.8 Å². The van der Waals surface area contributed by atoms with Crippen molar-refractivity contribution in [3.8, 4) is 17.2 Å². The molecule has 25 heavy (non-hydrogen) atoms. The van der Waals surface area contributed by atoms with Crippen LogP contribution < -0.4 is 19.5 Å². The van der Waals surface area contributed by atoms with Crippen molar-refractivity contribution in [1.82, 2.24) is 5.32 Å². The predicted molar refractivity (Wildman–Crippen MR) is 95.5 cm³/mol. The lowest BCUT2D eigenvalue weighted by atomic mass is 9.89. The first-order valence-electron chi connectivity index (χ1n) is 8.24. The fraction of sp³-hybridized carbons (Fsp3) is 0.350. The van der Waals surface area contributed by atoms with E-state index in [4.69, 9.17) is 14.2 Å².